The fraction of sp³-hybridized carbons (Fsp3) is 0.176. The van der Waals surface area contributed by atoms with Crippen LogP contribution in [0.5, 0.6) is 11.5 Å². The molecule has 0 atom stereocenters. The minimum absolute atomic E-state index is 0.193. The van der Waals surface area contributed by atoms with Crippen molar-refractivity contribution in [2.24, 2.45) is 0 Å². The molecule has 0 aliphatic carbocycles. The molecular weight excluding hydrogens is 425 g/mol. The van der Waals surface area contributed by atoms with Gasteiger partial charge in [-0.2, -0.15) is 0 Å². The number of carbonyl (C=O) groups is 2. The molecule has 1 amide bonds. The zero-order valence-corrected chi connectivity index (χ0v) is 15.3. The largest absolute Gasteiger partial charge is 0.493 e. The van der Waals surface area contributed by atoms with E-state index >= 15 is 0 Å². The molecule has 24 heavy (non-hydrogen) atoms. The summed E-state index contributed by atoms with van der Waals surface area (Å²) < 4.78 is 16.3. The average Bonchev–Trinajstić information content (AvgIpc) is 2.58. The number of para-hydroxylation sites is 1. The van der Waals surface area contributed by atoms with E-state index in [1.165, 1.54) is 14.2 Å². The van der Waals surface area contributed by atoms with E-state index in [2.05, 4.69) is 27.9 Å². The number of hydrogen-bond donors (Lipinski definition) is 1. The number of halogens is 1. The monoisotopic (exact) mass is 441 g/mol. The van der Waals surface area contributed by atoms with Crippen LogP contribution in [0.25, 0.3) is 0 Å². The first-order chi connectivity index (χ1) is 11.5. The maximum atomic E-state index is 12.2. The highest BCUT2D eigenvalue weighted by atomic mass is 127. The third-order valence-corrected chi connectivity index (χ3v) is 3.74. The van der Waals surface area contributed by atoms with Crippen LogP contribution in [0.3, 0.4) is 0 Å². The fourth-order valence-electron chi connectivity index (χ4n) is 2.02. The maximum absolute atomic E-state index is 12.2. The van der Waals surface area contributed by atoms with Crippen molar-refractivity contribution in [1.82, 2.24) is 0 Å². The van der Waals surface area contributed by atoms with Gasteiger partial charge >= 0.3 is 5.97 Å². The van der Waals surface area contributed by atoms with E-state index in [0.29, 0.717) is 11.4 Å². The molecule has 7 heteroatoms. The average molecular weight is 441 g/mol. The molecule has 0 heterocycles. The number of carbonyl (C=O) groups excluding carboxylic acids is 2. The molecule has 0 spiro atoms. The van der Waals surface area contributed by atoms with E-state index in [9.17, 15) is 9.59 Å². The highest BCUT2D eigenvalue weighted by Gasteiger charge is 2.18. The summed E-state index contributed by atoms with van der Waals surface area (Å²) in [5, 5.41) is 2.66. The Morgan fingerprint density at radius 1 is 1.08 bits per heavy atom. The summed E-state index contributed by atoms with van der Waals surface area (Å²) in [6, 6.07) is 12.2. The van der Waals surface area contributed by atoms with Crippen LogP contribution in [-0.4, -0.2) is 32.7 Å². The van der Waals surface area contributed by atoms with E-state index in [1.54, 1.807) is 24.3 Å². The molecule has 0 bridgehead atoms. The summed E-state index contributed by atoms with van der Waals surface area (Å²) >= 11 is 2.14. The Kier molecular flexibility index (Phi) is 6.42. The molecule has 126 valence electrons. The van der Waals surface area contributed by atoms with Crippen LogP contribution in [0.1, 0.15) is 10.4 Å². The molecule has 0 unspecified atom stereocenters. The highest BCUT2D eigenvalue weighted by Crippen LogP contribution is 2.31. The van der Waals surface area contributed by atoms with Crippen molar-refractivity contribution < 1.29 is 23.8 Å². The topological polar surface area (TPSA) is 73.9 Å². The molecule has 0 saturated carbocycles. The second-order valence-corrected chi connectivity index (χ2v) is 5.92. The lowest BCUT2D eigenvalue weighted by atomic mass is 10.2. The predicted molar refractivity (Wildman–Crippen MR) is 97.6 cm³/mol. The molecule has 0 radical (unpaired) electrons. The summed E-state index contributed by atoms with van der Waals surface area (Å²) in [5.41, 5.74) is 0.834. The number of rotatable bonds is 6. The number of esters is 1. The van der Waals surface area contributed by atoms with Crippen LogP contribution >= 0.6 is 22.6 Å². The van der Waals surface area contributed by atoms with Crippen molar-refractivity contribution in [2.45, 2.75) is 0 Å². The number of benzene rings is 2. The summed E-state index contributed by atoms with van der Waals surface area (Å²) in [6.45, 7) is -0.398. The fourth-order valence-corrected chi connectivity index (χ4v) is 2.56. The van der Waals surface area contributed by atoms with Gasteiger partial charge in [-0.1, -0.05) is 12.1 Å². The van der Waals surface area contributed by atoms with Gasteiger partial charge < -0.3 is 19.5 Å². The third kappa shape index (κ3) is 4.60. The molecule has 0 fully saturated rings. The molecular formula is C17H16INO5. The van der Waals surface area contributed by atoms with Gasteiger partial charge in [-0.3, -0.25) is 4.79 Å². The predicted octanol–water partition coefficient (Wildman–Crippen LogP) is 3.10. The molecule has 6 nitrogen and oxygen atoms in total. The van der Waals surface area contributed by atoms with Crippen molar-refractivity contribution in [3.05, 3.63) is 51.6 Å². The molecule has 0 saturated heterocycles. The smallest absolute Gasteiger partial charge is 0.342 e. The van der Waals surface area contributed by atoms with Gasteiger partial charge in [-0.15, -0.1) is 0 Å². The lowest BCUT2D eigenvalue weighted by molar-refractivity contribution is -0.119. The van der Waals surface area contributed by atoms with E-state index in [-0.39, 0.29) is 11.3 Å². The lowest BCUT2D eigenvalue weighted by Crippen LogP contribution is -2.21. The summed E-state index contributed by atoms with van der Waals surface area (Å²) in [7, 11) is 2.90. The zero-order valence-electron chi connectivity index (χ0n) is 13.2. The van der Waals surface area contributed by atoms with Crippen LogP contribution in [0, 0.1) is 3.57 Å². The van der Waals surface area contributed by atoms with Gasteiger partial charge in [0.2, 0.25) is 0 Å². The van der Waals surface area contributed by atoms with E-state index in [1.807, 2.05) is 18.2 Å². The Labute approximate surface area is 153 Å². The van der Waals surface area contributed by atoms with Crippen molar-refractivity contribution >= 4 is 40.2 Å². The standard InChI is InChI=1S/C17H16INO5/c1-22-14-8-4-7-13(16(14)23-2)17(21)24-10-15(20)19-12-6-3-5-11(18)9-12/h3-9H,10H2,1-2H3,(H,19,20). The zero-order chi connectivity index (χ0) is 17.5. The second-order valence-electron chi connectivity index (χ2n) is 4.68. The number of anilines is 1. The van der Waals surface area contributed by atoms with Crippen molar-refractivity contribution in [3.8, 4) is 11.5 Å². The van der Waals surface area contributed by atoms with Gasteiger partial charge in [0, 0.05) is 9.26 Å². The number of nitrogens with one attached hydrogen (secondary N) is 1. The van der Waals surface area contributed by atoms with Crippen LogP contribution < -0.4 is 14.8 Å². The molecule has 0 aliphatic rings. The van der Waals surface area contributed by atoms with Crippen LogP contribution in [0.2, 0.25) is 0 Å². The molecule has 2 rings (SSSR count). The Hall–Kier alpha value is -2.29. The van der Waals surface area contributed by atoms with E-state index in [0.717, 1.165) is 3.57 Å². The van der Waals surface area contributed by atoms with Crippen LogP contribution in [0.4, 0.5) is 5.69 Å². The maximum Gasteiger partial charge on any atom is 0.342 e. The number of methoxy groups -OCH3 is 2. The second kappa shape index (κ2) is 8.53. The van der Waals surface area contributed by atoms with Gasteiger partial charge in [0.05, 0.1) is 14.2 Å². The first-order valence-electron chi connectivity index (χ1n) is 6.98. The normalized spacial score (nSPS) is 9.96. The number of amides is 1. The highest BCUT2D eigenvalue weighted by molar-refractivity contribution is 14.1. The van der Waals surface area contributed by atoms with Gasteiger partial charge in [0.1, 0.15) is 5.56 Å². The van der Waals surface area contributed by atoms with Gasteiger partial charge in [0.25, 0.3) is 5.91 Å². The first kappa shape index (κ1) is 18.1. The lowest BCUT2D eigenvalue weighted by Gasteiger charge is -2.12. The summed E-state index contributed by atoms with van der Waals surface area (Å²) in [6.07, 6.45) is 0. The van der Waals surface area contributed by atoms with Crippen molar-refractivity contribution in [1.29, 1.82) is 0 Å². The van der Waals surface area contributed by atoms with Gasteiger partial charge in [-0.25, -0.2) is 4.79 Å². The van der Waals surface area contributed by atoms with Crippen LogP contribution in [-0.2, 0) is 9.53 Å². The number of ether oxygens (including phenoxy) is 3. The molecule has 0 aromatic heterocycles. The van der Waals surface area contributed by atoms with Crippen molar-refractivity contribution in [3.63, 3.8) is 0 Å². The Morgan fingerprint density at radius 2 is 1.83 bits per heavy atom. The van der Waals surface area contributed by atoms with Gasteiger partial charge in [0.15, 0.2) is 18.1 Å². The van der Waals surface area contributed by atoms with Crippen LogP contribution in [0.15, 0.2) is 42.5 Å². The minimum atomic E-state index is -0.663. The summed E-state index contributed by atoms with van der Waals surface area (Å²) in [5.74, 6) is -0.408. The Balaban J connectivity index is 1.99. The number of hydrogen-bond acceptors (Lipinski definition) is 5. The van der Waals surface area contributed by atoms with E-state index < -0.39 is 18.5 Å². The Bertz CT molecular complexity index is 748. The quantitative estimate of drug-likeness (QED) is 0.551. The summed E-state index contributed by atoms with van der Waals surface area (Å²) in [4.78, 5) is 24.1. The third-order valence-electron chi connectivity index (χ3n) is 3.07. The molecule has 1 N–H and O–H groups in total. The molecule has 2 aromatic carbocycles. The molecule has 0 aliphatic heterocycles. The SMILES string of the molecule is COc1cccc(C(=O)OCC(=O)Nc2cccc(I)c2)c1OC. The van der Waals surface area contributed by atoms with Crippen molar-refractivity contribution in [2.75, 3.05) is 26.1 Å². The molecule has 2 aromatic rings. The minimum Gasteiger partial charge on any atom is -0.493 e. The Morgan fingerprint density at radius 3 is 2.50 bits per heavy atom. The van der Waals surface area contributed by atoms with E-state index in [4.69, 9.17) is 14.2 Å². The van der Waals surface area contributed by atoms with Gasteiger partial charge in [-0.05, 0) is 52.9 Å². The first-order valence-corrected chi connectivity index (χ1v) is 8.06.